The van der Waals surface area contributed by atoms with Crippen molar-refractivity contribution in [1.29, 1.82) is 0 Å². The minimum absolute atomic E-state index is 0.897. The van der Waals surface area contributed by atoms with E-state index in [4.69, 9.17) is 0 Å². The highest BCUT2D eigenvalue weighted by atomic mass is 31.1. The van der Waals surface area contributed by atoms with Gasteiger partial charge in [0.2, 0.25) is 0 Å². The van der Waals surface area contributed by atoms with Crippen LogP contribution in [0.1, 0.15) is 25.3 Å². The fraction of sp³-hybridized carbons (Fsp3) is 0.250. The van der Waals surface area contributed by atoms with Crippen LogP contribution in [0.3, 0.4) is 0 Å². The van der Waals surface area contributed by atoms with Crippen LogP contribution in [0.4, 0.5) is 0 Å². The zero-order valence-corrected chi connectivity index (χ0v) is 11.6. The lowest BCUT2D eigenvalue weighted by atomic mass is 10.1. The van der Waals surface area contributed by atoms with Gasteiger partial charge < -0.3 is 0 Å². The Bertz CT molecular complexity index is 502. The molecule has 0 bridgehead atoms. The van der Waals surface area contributed by atoms with Gasteiger partial charge in [0.1, 0.15) is 0 Å². The number of rotatable bonds is 5. The summed E-state index contributed by atoms with van der Waals surface area (Å²) in [5, 5.41) is 1.81. The smallest absolute Gasteiger partial charge is 0.0654 e. The lowest BCUT2D eigenvalue weighted by Gasteiger charge is -1.98. The lowest BCUT2D eigenvalue weighted by Crippen LogP contribution is -2.06. The number of benzene rings is 2. The molecular formula is C16H18OP+. The third kappa shape index (κ3) is 3.27. The molecule has 0 N–H and O–H groups in total. The SMILES string of the molecule is CCCCc1ccc([P+](=O)c2ccccc2)cc1. The predicted octanol–water partition coefficient (Wildman–Crippen LogP) is 3.81. The summed E-state index contributed by atoms with van der Waals surface area (Å²) < 4.78 is 12.3. The van der Waals surface area contributed by atoms with Crippen LogP contribution in [0.15, 0.2) is 54.6 Å². The Kier molecular flexibility index (Phi) is 4.66. The molecule has 0 radical (unpaired) electrons. The molecule has 2 aromatic carbocycles. The van der Waals surface area contributed by atoms with E-state index in [-0.39, 0.29) is 0 Å². The minimum atomic E-state index is -1.45. The summed E-state index contributed by atoms with van der Waals surface area (Å²) in [6.07, 6.45) is 3.53. The van der Waals surface area contributed by atoms with Crippen LogP contribution in [0.2, 0.25) is 0 Å². The number of unbranched alkanes of at least 4 members (excludes halogenated alkanes) is 1. The molecule has 1 unspecified atom stereocenters. The van der Waals surface area contributed by atoms with Crippen molar-refractivity contribution >= 4 is 18.4 Å². The van der Waals surface area contributed by atoms with E-state index in [1.165, 1.54) is 18.4 Å². The Morgan fingerprint density at radius 1 is 0.889 bits per heavy atom. The number of hydrogen-bond donors (Lipinski definition) is 0. The maximum absolute atomic E-state index is 12.3. The first-order valence-electron chi connectivity index (χ1n) is 6.42. The van der Waals surface area contributed by atoms with Crippen molar-refractivity contribution in [1.82, 2.24) is 0 Å². The summed E-state index contributed by atoms with van der Waals surface area (Å²) in [7, 11) is -1.45. The Morgan fingerprint density at radius 2 is 1.50 bits per heavy atom. The Labute approximate surface area is 110 Å². The van der Waals surface area contributed by atoms with E-state index in [2.05, 4.69) is 19.1 Å². The molecule has 2 heteroatoms. The lowest BCUT2D eigenvalue weighted by molar-refractivity contribution is 0.598. The van der Waals surface area contributed by atoms with Gasteiger partial charge in [-0.3, -0.25) is 0 Å². The molecule has 2 rings (SSSR count). The second-order valence-corrected chi connectivity index (χ2v) is 6.02. The van der Waals surface area contributed by atoms with E-state index in [0.717, 1.165) is 17.0 Å². The standard InChI is InChI=1S/C16H18OP/c1-2-3-7-14-10-12-16(13-11-14)18(17)15-8-5-4-6-9-15/h4-6,8-13H,2-3,7H2,1H3/q+1. The molecule has 0 saturated carbocycles. The Balaban J connectivity index is 2.12. The Morgan fingerprint density at radius 3 is 2.11 bits per heavy atom. The van der Waals surface area contributed by atoms with Crippen LogP contribution in [0, 0.1) is 0 Å². The van der Waals surface area contributed by atoms with Gasteiger partial charge in [-0.1, -0.05) is 48.2 Å². The Hall–Kier alpha value is -1.46. The van der Waals surface area contributed by atoms with Gasteiger partial charge in [-0.05, 0) is 42.7 Å². The molecule has 2 aromatic rings. The molecule has 18 heavy (non-hydrogen) atoms. The molecule has 0 aliphatic rings. The van der Waals surface area contributed by atoms with Crippen molar-refractivity contribution in [2.75, 3.05) is 0 Å². The molecule has 0 aliphatic heterocycles. The van der Waals surface area contributed by atoms with E-state index in [0.29, 0.717) is 0 Å². The van der Waals surface area contributed by atoms with Crippen LogP contribution < -0.4 is 10.6 Å². The van der Waals surface area contributed by atoms with Crippen LogP contribution in [-0.4, -0.2) is 0 Å². The fourth-order valence-electron chi connectivity index (χ4n) is 1.89. The summed E-state index contributed by atoms with van der Waals surface area (Å²) >= 11 is 0. The monoisotopic (exact) mass is 257 g/mol. The summed E-state index contributed by atoms with van der Waals surface area (Å²) in [5.74, 6) is 0. The summed E-state index contributed by atoms with van der Waals surface area (Å²) in [5.41, 5.74) is 1.33. The molecule has 1 atom stereocenters. The fourth-order valence-corrected chi connectivity index (χ4v) is 3.05. The molecular weight excluding hydrogens is 239 g/mol. The van der Waals surface area contributed by atoms with Crippen molar-refractivity contribution < 1.29 is 4.57 Å². The zero-order chi connectivity index (χ0) is 12.8. The third-order valence-electron chi connectivity index (χ3n) is 2.98. The summed E-state index contributed by atoms with van der Waals surface area (Å²) in [6.45, 7) is 2.20. The van der Waals surface area contributed by atoms with Gasteiger partial charge in [0.05, 0.1) is 0 Å². The molecule has 1 nitrogen and oxygen atoms in total. The maximum atomic E-state index is 12.3. The second-order valence-electron chi connectivity index (χ2n) is 4.40. The number of aryl methyl sites for hydroxylation is 1. The van der Waals surface area contributed by atoms with Gasteiger partial charge in [0.15, 0.2) is 10.6 Å². The highest BCUT2D eigenvalue weighted by Gasteiger charge is 2.22. The van der Waals surface area contributed by atoms with Crippen molar-refractivity contribution in [2.45, 2.75) is 26.2 Å². The van der Waals surface area contributed by atoms with E-state index in [1.54, 1.807) is 0 Å². The largest absolute Gasteiger partial charge is 0.415 e. The molecule has 0 spiro atoms. The van der Waals surface area contributed by atoms with Gasteiger partial charge in [-0.25, -0.2) is 0 Å². The van der Waals surface area contributed by atoms with E-state index in [1.807, 2.05) is 42.5 Å². The van der Waals surface area contributed by atoms with Gasteiger partial charge >= 0.3 is 7.80 Å². The van der Waals surface area contributed by atoms with E-state index in [9.17, 15) is 4.57 Å². The molecule has 92 valence electrons. The highest BCUT2D eigenvalue weighted by Crippen LogP contribution is 2.19. The molecule has 0 heterocycles. The third-order valence-corrected chi connectivity index (χ3v) is 4.51. The highest BCUT2D eigenvalue weighted by molar-refractivity contribution is 7.61. The van der Waals surface area contributed by atoms with Crippen LogP contribution in [-0.2, 0) is 11.0 Å². The van der Waals surface area contributed by atoms with Crippen LogP contribution >= 0.6 is 7.80 Å². The minimum Gasteiger partial charge on any atom is -0.0654 e. The average Bonchev–Trinajstić information content (AvgIpc) is 2.46. The predicted molar refractivity (Wildman–Crippen MR) is 78.4 cm³/mol. The van der Waals surface area contributed by atoms with E-state index < -0.39 is 7.80 Å². The molecule has 0 amide bonds. The first-order chi connectivity index (χ1) is 8.81. The van der Waals surface area contributed by atoms with Gasteiger partial charge in [0, 0.05) is 0 Å². The van der Waals surface area contributed by atoms with Gasteiger partial charge in [-0.2, -0.15) is 0 Å². The summed E-state index contributed by atoms with van der Waals surface area (Å²) in [6, 6.07) is 17.8. The quantitative estimate of drug-likeness (QED) is 0.744. The van der Waals surface area contributed by atoms with Crippen molar-refractivity contribution in [3.8, 4) is 0 Å². The van der Waals surface area contributed by atoms with E-state index >= 15 is 0 Å². The second kappa shape index (κ2) is 6.47. The molecule has 0 aliphatic carbocycles. The molecule has 0 aromatic heterocycles. The molecule has 0 fully saturated rings. The van der Waals surface area contributed by atoms with Crippen molar-refractivity contribution in [3.05, 3.63) is 60.2 Å². The van der Waals surface area contributed by atoms with Gasteiger partial charge in [-0.15, -0.1) is 0 Å². The maximum Gasteiger partial charge on any atom is 0.415 e. The van der Waals surface area contributed by atoms with Crippen molar-refractivity contribution in [3.63, 3.8) is 0 Å². The van der Waals surface area contributed by atoms with Crippen molar-refractivity contribution in [2.24, 2.45) is 0 Å². The van der Waals surface area contributed by atoms with Crippen LogP contribution in [0.5, 0.6) is 0 Å². The summed E-state index contributed by atoms with van der Waals surface area (Å²) in [4.78, 5) is 0. The zero-order valence-electron chi connectivity index (χ0n) is 10.7. The number of hydrogen-bond acceptors (Lipinski definition) is 1. The van der Waals surface area contributed by atoms with Crippen LogP contribution in [0.25, 0.3) is 0 Å². The topological polar surface area (TPSA) is 17.1 Å². The normalized spacial score (nSPS) is 11.3. The van der Waals surface area contributed by atoms with Gasteiger partial charge in [0.25, 0.3) is 0 Å². The first-order valence-corrected chi connectivity index (χ1v) is 7.68. The molecule has 0 saturated heterocycles. The average molecular weight is 257 g/mol. The first kappa shape index (κ1) is 13.0.